The number of anilines is 1. The van der Waals surface area contributed by atoms with Crippen LogP contribution in [0.5, 0.6) is 0 Å². The van der Waals surface area contributed by atoms with Gasteiger partial charge in [0, 0.05) is 16.1 Å². The number of nitrogens with one attached hydrogen (secondary N) is 1. The second kappa shape index (κ2) is 6.37. The van der Waals surface area contributed by atoms with Gasteiger partial charge in [0.05, 0.1) is 11.8 Å². The number of benzene rings is 1. The zero-order valence-corrected chi connectivity index (χ0v) is 16.2. The van der Waals surface area contributed by atoms with Gasteiger partial charge in [-0.15, -0.1) is 0 Å². The number of ether oxygens (including phenoxy) is 2. The minimum Gasteiger partial charge on any atom is -0.462 e. The number of hydrogen-bond donors (Lipinski definition) is 1. The Balaban J connectivity index is 1.36. The van der Waals surface area contributed by atoms with Gasteiger partial charge in [0.2, 0.25) is 0 Å². The first kappa shape index (κ1) is 17.5. The molecule has 1 N–H and O–H groups in total. The minimum absolute atomic E-state index is 0.0199. The smallest absolute Gasteiger partial charge is 0.310 e. The normalized spacial score (nSPS) is 31.0. The Morgan fingerprint density at radius 1 is 1.27 bits per heavy atom. The van der Waals surface area contributed by atoms with Crippen molar-refractivity contribution in [2.24, 2.45) is 23.7 Å². The first-order chi connectivity index (χ1) is 12.4. The second-order valence-electron chi connectivity index (χ2n) is 7.42. The lowest BCUT2D eigenvalue weighted by Crippen LogP contribution is -2.35. The van der Waals surface area contributed by atoms with Crippen LogP contribution < -0.4 is 5.32 Å². The number of hydrogen-bond acceptors (Lipinski definition) is 5. The fourth-order valence-corrected chi connectivity index (χ4v) is 5.10. The number of rotatable bonds is 4. The highest BCUT2D eigenvalue weighted by molar-refractivity contribution is 9.10. The molecule has 138 valence electrons. The Kier molecular flexibility index (Phi) is 4.29. The van der Waals surface area contributed by atoms with Crippen LogP contribution in [0.25, 0.3) is 0 Å². The van der Waals surface area contributed by atoms with Gasteiger partial charge in [-0.3, -0.25) is 14.4 Å². The van der Waals surface area contributed by atoms with Crippen molar-refractivity contribution in [2.45, 2.75) is 32.8 Å². The predicted octanol–water partition coefficient (Wildman–Crippen LogP) is 2.75. The molecule has 1 amide bonds. The molecule has 1 saturated heterocycles. The van der Waals surface area contributed by atoms with E-state index in [2.05, 4.69) is 21.2 Å². The van der Waals surface area contributed by atoms with E-state index in [4.69, 9.17) is 9.47 Å². The van der Waals surface area contributed by atoms with Crippen molar-refractivity contribution in [3.8, 4) is 0 Å². The van der Waals surface area contributed by atoms with Gasteiger partial charge in [-0.25, -0.2) is 0 Å². The van der Waals surface area contributed by atoms with Gasteiger partial charge in [0.1, 0.15) is 6.10 Å². The zero-order valence-electron chi connectivity index (χ0n) is 14.6. The molecule has 3 aliphatic rings. The number of carbonyl (C=O) groups is 3. The van der Waals surface area contributed by atoms with Crippen LogP contribution in [0.2, 0.25) is 0 Å². The molecule has 5 atom stereocenters. The van der Waals surface area contributed by atoms with E-state index in [9.17, 15) is 14.4 Å². The molecule has 1 aromatic carbocycles. The number of halogens is 1. The molecule has 26 heavy (non-hydrogen) atoms. The van der Waals surface area contributed by atoms with Crippen molar-refractivity contribution in [1.29, 1.82) is 0 Å². The van der Waals surface area contributed by atoms with Gasteiger partial charge < -0.3 is 14.8 Å². The van der Waals surface area contributed by atoms with Crippen LogP contribution in [-0.4, -0.2) is 30.6 Å². The summed E-state index contributed by atoms with van der Waals surface area (Å²) in [4.78, 5) is 36.6. The van der Waals surface area contributed by atoms with Crippen molar-refractivity contribution >= 4 is 39.5 Å². The highest BCUT2D eigenvalue weighted by Crippen LogP contribution is 2.57. The molecule has 3 fully saturated rings. The quantitative estimate of drug-likeness (QED) is 0.755. The van der Waals surface area contributed by atoms with E-state index in [1.807, 2.05) is 19.9 Å². The standard InChI is InChI=1S/C19H20BrNO5/c1-8-9(2)13(4-3-12(8)20)21-15(22)7-25-18(23)16-10-5-11-14(6-10)26-19(24)17(11)16/h3-4,10-11,14,16-17H,5-7H2,1-2H3,(H,21,22)/t10-,11+,14-,16+,17+/m1/s1. The molecule has 2 saturated carbocycles. The molecule has 0 spiro atoms. The molecule has 4 rings (SSSR count). The number of fused-ring (bicyclic) bond motifs is 1. The third kappa shape index (κ3) is 2.73. The Hall–Kier alpha value is -1.89. The summed E-state index contributed by atoms with van der Waals surface area (Å²) in [6.45, 7) is 3.52. The highest BCUT2D eigenvalue weighted by Gasteiger charge is 2.64. The molecular weight excluding hydrogens is 402 g/mol. The maximum Gasteiger partial charge on any atom is 0.310 e. The summed E-state index contributed by atoms with van der Waals surface area (Å²) < 4.78 is 11.5. The number of carbonyl (C=O) groups excluding carboxylic acids is 3. The number of esters is 2. The van der Waals surface area contributed by atoms with Crippen LogP contribution in [-0.2, 0) is 23.9 Å². The van der Waals surface area contributed by atoms with Crippen LogP contribution in [0.3, 0.4) is 0 Å². The molecule has 0 radical (unpaired) electrons. The Labute approximate surface area is 159 Å². The van der Waals surface area contributed by atoms with Gasteiger partial charge in [0.25, 0.3) is 5.91 Å². The lowest BCUT2D eigenvalue weighted by molar-refractivity contribution is -0.157. The number of amides is 1. The van der Waals surface area contributed by atoms with Crippen molar-refractivity contribution in [1.82, 2.24) is 0 Å². The van der Waals surface area contributed by atoms with Gasteiger partial charge >= 0.3 is 11.9 Å². The Morgan fingerprint density at radius 3 is 2.81 bits per heavy atom. The summed E-state index contributed by atoms with van der Waals surface area (Å²) in [5, 5.41) is 2.77. The van der Waals surface area contributed by atoms with Crippen molar-refractivity contribution < 1.29 is 23.9 Å². The molecule has 1 heterocycles. The van der Waals surface area contributed by atoms with E-state index in [0.717, 1.165) is 28.4 Å². The fourth-order valence-electron chi connectivity index (χ4n) is 4.67. The average molecular weight is 422 g/mol. The first-order valence-corrected chi connectivity index (χ1v) is 9.58. The van der Waals surface area contributed by atoms with Gasteiger partial charge in [-0.05, 0) is 55.9 Å². The van der Waals surface area contributed by atoms with Crippen LogP contribution in [0.15, 0.2) is 16.6 Å². The predicted molar refractivity (Wildman–Crippen MR) is 96.3 cm³/mol. The highest BCUT2D eigenvalue weighted by atomic mass is 79.9. The van der Waals surface area contributed by atoms with Crippen LogP contribution in [0.4, 0.5) is 5.69 Å². The van der Waals surface area contributed by atoms with E-state index in [0.29, 0.717) is 5.69 Å². The molecule has 0 aromatic heterocycles. The van der Waals surface area contributed by atoms with Crippen LogP contribution >= 0.6 is 15.9 Å². The van der Waals surface area contributed by atoms with Crippen LogP contribution in [0, 0.1) is 37.5 Å². The average Bonchev–Trinajstić information content (AvgIpc) is 3.22. The van der Waals surface area contributed by atoms with E-state index >= 15 is 0 Å². The van der Waals surface area contributed by atoms with E-state index < -0.39 is 17.8 Å². The van der Waals surface area contributed by atoms with E-state index in [1.54, 1.807) is 6.07 Å². The monoisotopic (exact) mass is 421 g/mol. The largest absolute Gasteiger partial charge is 0.462 e. The van der Waals surface area contributed by atoms with Gasteiger partial charge in [-0.1, -0.05) is 15.9 Å². The third-order valence-corrected chi connectivity index (χ3v) is 6.96. The molecule has 2 bridgehead atoms. The van der Waals surface area contributed by atoms with Crippen molar-refractivity contribution in [2.75, 3.05) is 11.9 Å². The summed E-state index contributed by atoms with van der Waals surface area (Å²) in [5.41, 5.74) is 2.68. The van der Waals surface area contributed by atoms with E-state index in [1.165, 1.54) is 0 Å². The Bertz CT molecular complexity index is 805. The maximum absolute atomic E-state index is 12.5. The summed E-state index contributed by atoms with van der Waals surface area (Å²) in [5.74, 6) is -1.70. The zero-order chi connectivity index (χ0) is 18.6. The summed E-state index contributed by atoms with van der Waals surface area (Å²) >= 11 is 3.45. The van der Waals surface area contributed by atoms with Crippen LogP contribution in [0.1, 0.15) is 24.0 Å². The first-order valence-electron chi connectivity index (χ1n) is 8.79. The molecule has 1 aliphatic heterocycles. The molecule has 1 aromatic rings. The molecule has 2 aliphatic carbocycles. The van der Waals surface area contributed by atoms with Crippen molar-refractivity contribution in [3.63, 3.8) is 0 Å². The molecule has 0 unspecified atom stereocenters. The lowest BCUT2D eigenvalue weighted by atomic mass is 9.80. The topological polar surface area (TPSA) is 81.7 Å². The third-order valence-electron chi connectivity index (χ3n) is 6.10. The Morgan fingerprint density at radius 2 is 2.04 bits per heavy atom. The lowest BCUT2D eigenvalue weighted by Gasteiger charge is -2.22. The van der Waals surface area contributed by atoms with Gasteiger partial charge in [-0.2, -0.15) is 0 Å². The molecule has 6 nitrogen and oxygen atoms in total. The van der Waals surface area contributed by atoms with Gasteiger partial charge in [0.15, 0.2) is 6.61 Å². The summed E-state index contributed by atoms with van der Waals surface area (Å²) in [6.07, 6.45) is 1.55. The molecule has 7 heteroatoms. The summed E-state index contributed by atoms with van der Waals surface area (Å²) in [7, 11) is 0. The van der Waals surface area contributed by atoms with E-state index in [-0.39, 0.29) is 36.4 Å². The SMILES string of the molecule is Cc1c(Br)ccc(NC(=O)COC(=O)[C@H]2[C@@H]3C[C@@H]4[C@@H]2C(=O)O[C@@H]4C3)c1C. The minimum atomic E-state index is -0.462. The summed E-state index contributed by atoms with van der Waals surface area (Å²) in [6, 6.07) is 3.66. The van der Waals surface area contributed by atoms with Crippen molar-refractivity contribution in [3.05, 3.63) is 27.7 Å². The maximum atomic E-state index is 12.5. The fraction of sp³-hybridized carbons (Fsp3) is 0.526. The molecular formula is C19H20BrNO5. The second-order valence-corrected chi connectivity index (χ2v) is 8.28.